The third-order valence-corrected chi connectivity index (χ3v) is 6.87. The molecular formula is C20H24N8S. The first kappa shape index (κ1) is 18.3. The van der Waals surface area contributed by atoms with Gasteiger partial charge < -0.3 is 10.6 Å². The number of hydrogen-bond acceptors (Lipinski definition) is 8. The average molecular weight is 409 g/mol. The van der Waals surface area contributed by atoms with Crippen molar-refractivity contribution in [3.8, 4) is 6.07 Å². The molecule has 0 saturated carbocycles. The number of aromatic nitrogens is 4. The summed E-state index contributed by atoms with van der Waals surface area (Å²) in [6, 6.07) is 7.77. The van der Waals surface area contributed by atoms with Crippen molar-refractivity contribution in [1.29, 1.82) is 5.26 Å². The van der Waals surface area contributed by atoms with Crippen molar-refractivity contribution in [2.75, 3.05) is 17.2 Å². The second-order valence-corrected chi connectivity index (χ2v) is 8.85. The maximum absolute atomic E-state index is 8.92. The summed E-state index contributed by atoms with van der Waals surface area (Å²) < 4.78 is 1.03. The zero-order valence-electron chi connectivity index (χ0n) is 16.4. The van der Waals surface area contributed by atoms with Gasteiger partial charge in [-0.25, -0.2) is 4.98 Å². The van der Waals surface area contributed by atoms with Gasteiger partial charge in [0.2, 0.25) is 5.95 Å². The summed E-state index contributed by atoms with van der Waals surface area (Å²) in [7, 11) is 0. The van der Waals surface area contributed by atoms with Crippen LogP contribution in [0.25, 0.3) is 10.2 Å². The Morgan fingerprint density at radius 3 is 2.86 bits per heavy atom. The summed E-state index contributed by atoms with van der Waals surface area (Å²) in [6.07, 6.45) is 5.22. The van der Waals surface area contributed by atoms with Crippen LogP contribution in [0.1, 0.15) is 37.8 Å². The number of anilines is 3. The Morgan fingerprint density at radius 2 is 2.14 bits per heavy atom. The van der Waals surface area contributed by atoms with Crippen molar-refractivity contribution in [3.63, 3.8) is 0 Å². The Balaban J connectivity index is 1.34. The van der Waals surface area contributed by atoms with Crippen LogP contribution in [0.2, 0.25) is 0 Å². The second kappa shape index (κ2) is 7.61. The highest BCUT2D eigenvalue weighted by Gasteiger charge is 2.40. The molecule has 2 saturated heterocycles. The van der Waals surface area contributed by atoms with Crippen LogP contribution in [0.3, 0.4) is 0 Å². The van der Waals surface area contributed by atoms with Gasteiger partial charge in [0.25, 0.3) is 0 Å². The van der Waals surface area contributed by atoms with Crippen molar-refractivity contribution in [2.45, 2.75) is 57.2 Å². The van der Waals surface area contributed by atoms with Gasteiger partial charge in [0, 0.05) is 42.9 Å². The fourth-order valence-corrected chi connectivity index (χ4v) is 5.51. The fourth-order valence-electron chi connectivity index (χ4n) is 4.73. The van der Waals surface area contributed by atoms with Gasteiger partial charge in [-0.3, -0.25) is 10.00 Å². The molecule has 0 amide bonds. The summed E-state index contributed by atoms with van der Waals surface area (Å²) in [6.45, 7) is 2.87. The van der Waals surface area contributed by atoms with Crippen LogP contribution in [-0.4, -0.2) is 49.7 Å². The van der Waals surface area contributed by atoms with E-state index in [1.54, 1.807) is 11.3 Å². The van der Waals surface area contributed by atoms with E-state index >= 15 is 0 Å². The average Bonchev–Trinajstić information content (AvgIpc) is 3.39. The lowest BCUT2D eigenvalue weighted by atomic mass is 9.97. The summed E-state index contributed by atoms with van der Waals surface area (Å²) in [5, 5.41) is 25.1. The Kier molecular flexibility index (Phi) is 4.81. The maximum atomic E-state index is 8.92. The Morgan fingerprint density at radius 1 is 1.31 bits per heavy atom. The summed E-state index contributed by atoms with van der Waals surface area (Å²) in [5.41, 5.74) is 1.94. The van der Waals surface area contributed by atoms with Crippen LogP contribution in [0.4, 0.5) is 17.6 Å². The molecule has 2 fully saturated rings. The third-order valence-electron chi connectivity index (χ3n) is 5.96. The molecule has 0 aliphatic carbocycles. The SMILES string of the molecule is Cc1cc(Nc2nc(N[C@@H]3CC4CC[C@@H](C3)N4CCC#N)nc3ccsc23)n[nH]1. The second-order valence-electron chi connectivity index (χ2n) is 7.94. The van der Waals surface area contributed by atoms with Gasteiger partial charge in [0.15, 0.2) is 11.6 Å². The minimum atomic E-state index is 0.363. The number of nitriles is 1. The molecule has 9 heteroatoms. The van der Waals surface area contributed by atoms with E-state index in [-0.39, 0.29) is 0 Å². The van der Waals surface area contributed by atoms with Crippen LogP contribution in [0, 0.1) is 18.3 Å². The molecule has 5 heterocycles. The van der Waals surface area contributed by atoms with E-state index in [1.807, 2.05) is 24.4 Å². The Bertz CT molecular complexity index is 1040. The van der Waals surface area contributed by atoms with Crippen molar-refractivity contribution >= 4 is 39.1 Å². The van der Waals surface area contributed by atoms with Crippen molar-refractivity contribution in [3.05, 3.63) is 23.2 Å². The predicted molar refractivity (Wildman–Crippen MR) is 114 cm³/mol. The lowest BCUT2D eigenvalue weighted by molar-refractivity contribution is 0.135. The number of rotatable bonds is 6. The highest BCUT2D eigenvalue weighted by Crippen LogP contribution is 2.37. The molecule has 1 unspecified atom stereocenters. The Hall–Kier alpha value is -2.70. The highest BCUT2D eigenvalue weighted by molar-refractivity contribution is 7.17. The molecule has 2 aliphatic heterocycles. The number of fused-ring (bicyclic) bond motifs is 3. The van der Waals surface area contributed by atoms with Gasteiger partial charge in [-0.15, -0.1) is 11.3 Å². The number of nitrogens with one attached hydrogen (secondary N) is 3. The van der Waals surface area contributed by atoms with E-state index in [1.165, 1.54) is 12.8 Å². The van der Waals surface area contributed by atoms with Crippen molar-refractivity contribution < 1.29 is 0 Å². The van der Waals surface area contributed by atoms with Gasteiger partial charge in [-0.2, -0.15) is 15.3 Å². The fraction of sp³-hybridized carbons (Fsp3) is 0.500. The lowest BCUT2D eigenvalue weighted by Gasteiger charge is -2.38. The van der Waals surface area contributed by atoms with Crippen molar-refractivity contribution in [2.24, 2.45) is 0 Å². The molecular weight excluding hydrogens is 384 g/mol. The largest absolute Gasteiger partial charge is 0.351 e. The molecule has 8 nitrogen and oxygen atoms in total. The number of piperidine rings is 1. The van der Waals surface area contributed by atoms with E-state index < -0.39 is 0 Å². The highest BCUT2D eigenvalue weighted by atomic mass is 32.1. The van der Waals surface area contributed by atoms with E-state index in [2.05, 4.69) is 31.8 Å². The van der Waals surface area contributed by atoms with Gasteiger partial charge in [0.05, 0.1) is 16.3 Å². The van der Waals surface area contributed by atoms with E-state index in [0.717, 1.165) is 46.9 Å². The van der Waals surface area contributed by atoms with Crippen LogP contribution < -0.4 is 10.6 Å². The van der Waals surface area contributed by atoms with E-state index in [0.29, 0.717) is 30.5 Å². The molecule has 0 aromatic carbocycles. The molecule has 150 valence electrons. The summed E-state index contributed by atoms with van der Waals surface area (Å²) in [4.78, 5) is 12.1. The monoisotopic (exact) mass is 408 g/mol. The molecule has 2 aliphatic rings. The number of H-pyrrole nitrogens is 1. The molecule has 5 rings (SSSR count). The van der Waals surface area contributed by atoms with E-state index in [4.69, 9.17) is 15.2 Å². The van der Waals surface area contributed by atoms with Crippen molar-refractivity contribution in [1.82, 2.24) is 25.1 Å². The standard InChI is InChI=1S/C20H24N8S/c1-12-9-17(27-26-12)24-19-18-16(5-8-29-18)23-20(25-19)22-13-10-14-3-4-15(11-13)28(14)7-2-6-21/h5,8-9,13-15H,2-4,7,10-11H2,1H3,(H3,22,23,24,25,26,27)/t13-,14-,15?/m0/s1. The number of hydrogen-bond donors (Lipinski definition) is 3. The molecule has 3 N–H and O–H groups in total. The van der Waals surface area contributed by atoms with Crippen LogP contribution in [-0.2, 0) is 0 Å². The number of nitrogens with zero attached hydrogens (tertiary/aromatic N) is 5. The van der Waals surface area contributed by atoms with Crippen LogP contribution >= 0.6 is 11.3 Å². The molecule has 0 radical (unpaired) electrons. The molecule has 3 aromatic heterocycles. The smallest absolute Gasteiger partial charge is 0.225 e. The van der Waals surface area contributed by atoms with Gasteiger partial charge in [-0.05, 0) is 44.1 Å². The zero-order valence-corrected chi connectivity index (χ0v) is 17.2. The van der Waals surface area contributed by atoms with Crippen LogP contribution in [0.15, 0.2) is 17.5 Å². The summed E-state index contributed by atoms with van der Waals surface area (Å²) in [5.74, 6) is 2.21. The van der Waals surface area contributed by atoms with E-state index in [9.17, 15) is 0 Å². The van der Waals surface area contributed by atoms with Crippen LogP contribution in [0.5, 0.6) is 0 Å². The first-order valence-corrected chi connectivity index (χ1v) is 11.0. The summed E-state index contributed by atoms with van der Waals surface area (Å²) >= 11 is 1.63. The number of thiophene rings is 1. The first-order chi connectivity index (χ1) is 14.2. The number of aryl methyl sites for hydroxylation is 1. The molecule has 3 aromatic rings. The molecule has 29 heavy (non-hydrogen) atoms. The van der Waals surface area contributed by atoms with Gasteiger partial charge in [-0.1, -0.05) is 0 Å². The topological polar surface area (TPSA) is 106 Å². The molecule has 3 atom stereocenters. The normalized spacial score (nSPS) is 23.9. The number of aromatic amines is 1. The van der Waals surface area contributed by atoms with Gasteiger partial charge in [0.1, 0.15) is 0 Å². The third kappa shape index (κ3) is 3.66. The minimum absolute atomic E-state index is 0.363. The maximum Gasteiger partial charge on any atom is 0.225 e. The first-order valence-electron chi connectivity index (χ1n) is 10.1. The molecule has 2 bridgehead atoms. The minimum Gasteiger partial charge on any atom is -0.351 e. The predicted octanol–water partition coefficient (Wildman–Crippen LogP) is 3.79. The lowest BCUT2D eigenvalue weighted by Crippen LogP contribution is -2.47. The van der Waals surface area contributed by atoms with Gasteiger partial charge >= 0.3 is 0 Å². The quantitative estimate of drug-likeness (QED) is 0.570. The Labute approximate surface area is 173 Å². The molecule has 0 spiro atoms. The zero-order chi connectivity index (χ0) is 19.8.